The lowest BCUT2D eigenvalue weighted by Crippen LogP contribution is -2.37. The van der Waals surface area contributed by atoms with Crippen LogP contribution in [0.2, 0.25) is 0 Å². The molecule has 0 saturated heterocycles. The summed E-state index contributed by atoms with van der Waals surface area (Å²) >= 11 is 0. The molecule has 0 rings (SSSR count). The van der Waals surface area contributed by atoms with E-state index in [9.17, 15) is 29.3 Å². The minimum absolute atomic E-state index is 0.00564. The van der Waals surface area contributed by atoms with Gasteiger partial charge in [-0.05, 0) is 51.4 Å². The Hall–Kier alpha value is -2.11. The lowest BCUT2D eigenvalue weighted by atomic mass is 10.1. The van der Waals surface area contributed by atoms with Crippen LogP contribution in [0.4, 0.5) is 0 Å². The molecule has 0 aromatic heterocycles. The molecule has 0 aromatic rings. The van der Waals surface area contributed by atoms with Gasteiger partial charge < -0.3 is 29.1 Å². The van der Waals surface area contributed by atoms with Gasteiger partial charge in [-0.25, -0.2) is 4.57 Å². The number of nitrogens with zero attached hydrogens (tertiary/aromatic N) is 1. The minimum Gasteiger partial charge on any atom is -0.462 e. The van der Waals surface area contributed by atoms with Gasteiger partial charge in [0.25, 0.3) is 0 Å². The second kappa shape index (κ2) is 36.0. The van der Waals surface area contributed by atoms with E-state index in [1.54, 1.807) is 0 Å². The predicted molar refractivity (Wildman–Crippen MR) is 227 cm³/mol. The number of quaternary nitrogens is 1. The third kappa shape index (κ3) is 38.7. The minimum atomic E-state index is -4.41. The van der Waals surface area contributed by atoms with Crippen molar-refractivity contribution >= 4 is 19.8 Å². The van der Waals surface area contributed by atoms with Crippen LogP contribution in [-0.2, 0) is 32.7 Å². The summed E-state index contributed by atoms with van der Waals surface area (Å²) in [5, 5.41) is 19.9. The molecule has 11 nitrogen and oxygen atoms in total. The zero-order chi connectivity index (χ0) is 41.8. The summed E-state index contributed by atoms with van der Waals surface area (Å²) in [4.78, 5) is 35.3. The zero-order valence-electron chi connectivity index (χ0n) is 35.8. The van der Waals surface area contributed by atoms with Crippen LogP contribution in [0.5, 0.6) is 0 Å². The number of phosphoric acid groups is 1. The van der Waals surface area contributed by atoms with Crippen molar-refractivity contribution in [1.29, 1.82) is 0 Å². The Morgan fingerprint density at radius 1 is 0.625 bits per heavy atom. The number of allylic oxidation sites excluding steroid dienone is 6. The summed E-state index contributed by atoms with van der Waals surface area (Å²) < 4.78 is 34.2. The van der Waals surface area contributed by atoms with Gasteiger partial charge in [0.15, 0.2) is 6.10 Å². The monoisotopic (exact) mass is 815 g/mol. The van der Waals surface area contributed by atoms with E-state index < -0.39 is 32.5 Å². The maximum absolute atomic E-state index is 12.7. The van der Waals surface area contributed by atoms with Crippen molar-refractivity contribution in [1.82, 2.24) is 0 Å². The van der Waals surface area contributed by atoms with Crippen molar-refractivity contribution in [3.05, 3.63) is 48.6 Å². The molecule has 0 heterocycles. The van der Waals surface area contributed by atoms with Gasteiger partial charge in [0.2, 0.25) is 0 Å². The number of carbonyl (C=O) groups is 2. The third-order valence-corrected chi connectivity index (χ3v) is 10.0. The van der Waals surface area contributed by atoms with Crippen molar-refractivity contribution in [2.24, 2.45) is 0 Å². The average Bonchev–Trinajstić information content (AvgIpc) is 3.13. The van der Waals surface area contributed by atoms with Crippen molar-refractivity contribution in [3.63, 3.8) is 0 Å². The van der Waals surface area contributed by atoms with Crippen LogP contribution >= 0.6 is 7.82 Å². The molecule has 326 valence electrons. The Kier molecular flexibility index (Phi) is 34.6. The number of phosphoric ester groups is 1. The summed E-state index contributed by atoms with van der Waals surface area (Å²) in [7, 11) is 1.39. The molecule has 56 heavy (non-hydrogen) atoms. The van der Waals surface area contributed by atoms with Gasteiger partial charge in [-0.15, -0.1) is 0 Å². The van der Waals surface area contributed by atoms with E-state index in [-0.39, 0.29) is 38.3 Å². The van der Waals surface area contributed by atoms with Crippen molar-refractivity contribution < 1.29 is 52.3 Å². The molecule has 4 atom stereocenters. The fraction of sp³-hybridized carbons (Fsp3) is 0.773. The highest BCUT2D eigenvalue weighted by atomic mass is 31.2. The molecule has 0 fully saturated rings. The van der Waals surface area contributed by atoms with Crippen LogP contribution in [0.3, 0.4) is 0 Å². The molecule has 0 radical (unpaired) electrons. The Morgan fingerprint density at radius 2 is 1.11 bits per heavy atom. The fourth-order valence-electron chi connectivity index (χ4n) is 5.52. The van der Waals surface area contributed by atoms with E-state index in [1.807, 2.05) is 57.6 Å². The van der Waals surface area contributed by atoms with E-state index in [0.29, 0.717) is 23.9 Å². The van der Waals surface area contributed by atoms with Crippen LogP contribution in [0.1, 0.15) is 155 Å². The molecule has 3 N–H and O–H groups in total. The molecule has 0 aliphatic carbocycles. The number of rotatable bonds is 38. The Labute approximate surface area is 340 Å². The highest BCUT2D eigenvalue weighted by Gasteiger charge is 2.27. The first kappa shape index (κ1) is 53.9. The van der Waals surface area contributed by atoms with Crippen LogP contribution in [-0.4, -0.2) is 97.3 Å². The Bertz CT molecular complexity index is 1130. The standard InChI is InChI=1S/C44H80NO10P/c1-6-8-24-30-40(46)32-26-20-16-12-10-14-18-22-28-34-43(48)52-38-42(39-54-56(50,51)53-37-36-45(3,4)5)55-44(49)35-29-23-19-15-11-13-17-21-27-33-41(47)31-25-9-7-2/h16-17,20-21,26-27,32-33,40-42,46-47H,6-15,18-19,22-25,28-31,34-39H2,1-5H3/p+1/b20-16-,21-17-,32-26+,33-27+/t40?,41?,42-/m1/s1. The van der Waals surface area contributed by atoms with Crippen molar-refractivity contribution in [2.75, 3.05) is 47.5 Å². The summed E-state index contributed by atoms with van der Waals surface area (Å²) in [5.41, 5.74) is 0. The van der Waals surface area contributed by atoms with Gasteiger partial charge in [0.05, 0.1) is 40.0 Å². The summed E-state index contributed by atoms with van der Waals surface area (Å²) in [6, 6.07) is 0. The van der Waals surface area contributed by atoms with Crippen molar-refractivity contribution in [3.8, 4) is 0 Å². The Balaban J connectivity index is 4.51. The number of aliphatic hydroxyl groups excluding tert-OH is 2. The first-order valence-electron chi connectivity index (χ1n) is 21.6. The van der Waals surface area contributed by atoms with Gasteiger partial charge in [0, 0.05) is 12.8 Å². The van der Waals surface area contributed by atoms with E-state index in [2.05, 4.69) is 26.0 Å². The molecule has 12 heteroatoms. The number of likely N-dealkylation sites (N-methyl/N-ethyl adjacent to an activating group) is 1. The number of carbonyl (C=O) groups excluding carboxylic acids is 2. The lowest BCUT2D eigenvalue weighted by Gasteiger charge is -2.24. The van der Waals surface area contributed by atoms with Gasteiger partial charge in [-0.3, -0.25) is 18.6 Å². The molecule has 3 unspecified atom stereocenters. The van der Waals surface area contributed by atoms with Gasteiger partial charge in [0.1, 0.15) is 19.8 Å². The van der Waals surface area contributed by atoms with Crippen LogP contribution < -0.4 is 0 Å². The summed E-state index contributed by atoms with van der Waals surface area (Å²) in [5.74, 6) is -0.902. The normalized spacial score (nSPS) is 15.2. The van der Waals surface area contributed by atoms with Gasteiger partial charge in [-0.1, -0.05) is 140 Å². The molecular weight excluding hydrogens is 733 g/mol. The second-order valence-electron chi connectivity index (χ2n) is 15.8. The lowest BCUT2D eigenvalue weighted by molar-refractivity contribution is -0.870. The maximum atomic E-state index is 12.7. The second-order valence-corrected chi connectivity index (χ2v) is 17.2. The number of unbranched alkanes of at least 4 members (excludes halogenated alkanes) is 14. The highest BCUT2D eigenvalue weighted by molar-refractivity contribution is 7.47. The van der Waals surface area contributed by atoms with E-state index >= 15 is 0 Å². The molecule has 0 aromatic carbocycles. The van der Waals surface area contributed by atoms with Gasteiger partial charge in [-0.2, -0.15) is 0 Å². The Morgan fingerprint density at radius 3 is 1.61 bits per heavy atom. The average molecular weight is 815 g/mol. The number of esters is 2. The number of hydrogen-bond donors (Lipinski definition) is 3. The quantitative estimate of drug-likeness (QED) is 0.0181. The van der Waals surface area contributed by atoms with Crippen LogP contribution in [0, 0.1) is 0 Å². The first-order valence-corrected chi connectivity index (χ1v) is 23.1. The molecule has 0 bridgehead atoms. The van der Waals surface area contributed by atoms with E-state index in [0.717, 1.165) is 116 Å². The molecular formula is C44H81NO10P+. The van der Waals surface area contributed by atoms with Crippen LogP contribution in [0.25, 0.3) is 0 Å². The highest BCUT2D eigenvalue weighted by Crippen LogP contribution is 2.43. The smallest absolute Gasteiger partial charge is 0.462 e. The molecule has 0 aliphatic rings. The van der Waals surface area contributed by atoms with E-state index in [1.165, 1.54) is 0 Å². The largest absolute Gasteiger partial charge is 0.472 e. The maximum Gasteiger partial charge on any atom is 0.472 e. The number of hydrogen-bond acceptors (Lipinski definition) is 9. The number of ether oxygens (including phenoxy) is 2. The van der Waals surface area contributed by atoms with E-state index in [4.69, 9.17) is 18.5 Å². The molecule has 0 saturated carbocycles. The molecule has 0 aliphatic heterocycles. The SMILES string of the molecule is CCCCCC(O)/C=C/C=C\CCCCCCCC(=O)OC[C@H](COP(=O)(O)OCC[N+](C)(C)C)OC(=O)CCCCCCC/C=C\C=C\C(O)CCCCC. The predicted octanol–water partition coefficient (Wildman–Crippen LogP) is 9.85. The third-order valence-electron chi connectivity index (χ3n) is 9.04. The van der Waals surface area contributed by atoms with Gasteiger partial charge >= 0.3 is 19.8 Å². The van der Waals surface area contributed by atoms with Crippen molar-refractivity contribution in [2.45, 2.75) is 173 Å². The number of aliphatic hydroxyl groups is 2. The molecule has 0 spiro atoms. The van der Waals surface area contributed by atoms with Crippen LogP contribution in [0.15, 0.2) is 48.6 Å². The fourth-order valence-corrected chi connectivity index (χ4v) is 6.26. The summed E-state index contributed by atoms with van der Waals surface area (Å²) in [6.45, 7) is 4.08. The molecule has 0 amide bonds. The zero-order valence-corrected chi connectivity index (χ0v) is 36.7. The summed E-state index contributed by atoms with van der Waals surface area (Å²) in [6.07, 6.45) is 33.7. The first-order chi connectivity index (χ1) is 26.8. The topological polar surface area (TPSA) is 149 Å².